The lowest BCUT2D eigenvalue weighted by Gasteiger charge is -2.22. The number of rotatable bonds is 8. The van der Waals surface area contributed by atoms with Crippen LogP contribution in [0.4, 0.5) is 11.4 Å². The number of carbonyl (C=O) groups excluding carboxylic acids is 3. The van der Waals surface area contributed by atoms with Gasteiger partial charge < -0.3 is 21.3 Å². The lowest BCUT2D eigenvalue weighted by atomic mass is 9.95. The van der Waals surface area contributed by atoms with E-state index >= 15 is 0 Å². The Morgan fingerprint density at radius 1 is 0.875 bits per heavy atom. The predicted octanol–water partition coefficient (Wildman–Crippen LogP) is 3.94. The van der Waals surface area contributed by atoms with Crippen LogP contribution in [0.25, 0.3) is 0 Å². The third-order valence-corrected chi connectivity index (χ3v) is 5.35. The van der Waals surface area contributed by atoms with Crippen molar-refractivity contribution in [1.82, 2.24) is 10.6 Å². The fraction of sp³-hybridized carbons (Fsp3) is 0.400. The molecule has 0 aromatic heterocycles. The highest BCUT2D eigenvalue weighted by molar-refractivity contribution is 5.98. The predicted molar refractivity (Wildman–Crippen MR) is 127 cm³/mol. The first-order valence-corrected chi connectivity index (χ1v) is 11.3. The number of anilines is 2. The number of carbonyl (C=O) groups is 3. The van der Waals surface area contributed by atoms with E-state index in [1.807, 2.05) is 13.8 Å². The van der Waals surface area contributed by atoms with Gasteiger partial charge in [-0.25, -0.2) is 0 Å². The molecule has 3 amide bonds. The fourth-order valence-corrected chi connectivity index (χ4v) is 3.76. The zero-order valence-electron chi connectivity index (χ0n) is 18.7. The Balaban J connectivity index is 1.52. The standard InChI is InChI=1S/C25H32N4O3/c1-17(2)27-24(31)18-8-6-12-21(14-18)26-16-23(30)28-22-13-7-9-19(15-22)25(32)29-20-10-4-3-5-11-20/h6-9,12-15,17,20,26H,3-5,10-11,16H2,1-2H3,(H,27,31)(H,28,30)(H,29,32). The third kappa shape index (κ3) is 7.11. The van der Waals surface area contributed by atoms with E-state index in [9.17, 15) is 14.4 Å². The van der Waals surface area contributed by atoms with Gasteiger partial charge in [-0.15, -0.1) is 0 Å². The Bertz CT molecular complexity index is 952. The maximum Gasteiger partial charge on any atom is 0.251 e. The SMILES string of the molecule is CC(C)NC(=O)c1cccc(NCC(=O)Nc2cccc(C(=O)NC3CCCCC3)c2)c1. The number of hydrogen-bond acceptors (Lipinski definition) is 4. The summed E-state index contributed by atoms with van der Waals surface area (Å²) in [6.45, 7) is 3.84. The Hall–Kier alpha value is -3.35. The summed E-state index contributed by atoms with van der Waals surface area (Å²) in [7, 11) is 0. The smallest absolute Gasteiger partial charge is 0.251 e. The van der Waals surface area contributed by atoms with Crippen molar-refractivity contribution < 1.29 is 14.4 Å². The van der Waals surface area contributed by atoms with Crippen molar-refractivity contribution in [2.75, 3.05) is 17.2 Å². The molecule has 32 heavy (non-hydrogen) atoms. The van der Waals surface area contributed by atoms with Crippen LogP contribution in [-0.2, 0) is 4.79 Å². The van der Waals surface area contributed by atoms with E-state index in [0.717, 1.165) is 25.7 Å². The summed E-state index contributed by atoms with van der Waals surface area (Å²) >= 11 is 0. The van der Waals surface area contributed by atoms with Gasteiger partial charge in [-0.05, 0) is 63.1 Å². The molecule has 0 heterocycles. The minimum atomic E-state index is -0.244. The summed E-state index contributed by atoms with van der Waals surface area (Å²) in [5.41, 5.74) is 2.31. The molecule has 1 aliphatic carbocycles. The molecule has 0 aliphatic heterocycles. The van der Waals surface area contributed by atoms with Crippen molar-refractivity contribution in [3.05, 3.63) is 59.7 Å². The molecule has 0 unspecified atom stereocenters. The van der Waals surface area contributed by atoms with E-state index in [-0.39, 0.29) is 36.3 Å². The molecular formula is C25H32N4O3. The maximum atomic E-state index is 12.5. The fourth-order valence-electron chi connectivity index (χ4n) is 3.76. The second kappa shape index (κ2) is 11.3. The number of nitrogens with one attached hydrogen (secondary N) is 4. The topological polar surface area (TPSA) is 99.3 Å². The average molecular weight is 437 g/mol. The molecule has 3 rings (SSSR count). The molecule has 4 N–H and O–H groups in total. The molecule has 2 aromatic carbocycles. The molecule has 0 bridgehead atoms. The van der Waals surface area contributed by atoms with Gasteiger partial charge in [-0.3, -0.25) is 14.4 Å². The van der Waals surface area contributed by atoms with Crippen LogP contribution in [0.1, 0.15) is 66.7 Å². The Morgan fingerprint density at radius 2 is 1.50 bits per heavy atom. The van der Waals surface area contributed by atoms with Crippen LogP contribution < -0.4 is 21.3 Å². The molecule has 0 radical (unpaired) electrons. The lowest BCUT2D eigenvalue weighted by molar-refractivity contribution is -0.114. The molecule has 1 fully saturated rings. The first-order chi connectivity index (χ1) is 15.4. The lowest BCUT2D eigenvalue weighted by Crippen LogP contribution is -2.36. The Labute approximate surface area is 189 Å². The molecule has 7 heteroatoms. The summed E-state index contributed by atoms with van der Waals surface area (Å²) in [4.78, 5) is 37.1. The van der Waals surface area contributed by atoms with Crippen LogP contribution in [0.5, 0.6) is 0 Å². The Morgan fingerprint density at radius 3 is 2.19 bits per heavy atom. The van der Waals surface area contributed by atoms with Gasteiger partial charge in [0.05, 0.1) is 6.54 Å². The van der Waals surface area contributed by atoms with Crippen molar-refractivity contribution in [3.63, 3.8) is 0 Å². The van der Waals surface area contributed by atoms with Crippen molar-refractivity contribution >= 4 is 29.1 Å². The summed E-state index contributed by atoms with van der Waals surface area (Å²) in [5.74, 6) is -0.508. The van der Waals surface area contributed by atoms with Crippen LogP contribution >= 0.6 is 0 Å². The molecule has 1 saturated carbocycles. The number of hydrogen-bond donors (Lipinski definition) is 4. The summed E-state index contributed by atoms with van der Waals surface area (Å²) in [6, 6.07) is 14.2. The van der Waals surface area contributed by atoms with Gasteiger partial charge in [0.1, 0.15) is 0 Å². The minimum Gasteiger partial charge on any atom is -0.376 e. The Kier molecular flexibility index (Phi) is 8.25. The number of amides is 3. The highest BCUT2D eigenvalue weighted by Crippen LogP contribution is 2.18. The van der Waals surface area contributed by atoms with E-state index in [1.165, 1.54) is 6.42 Å². The molecule has 7 nitrogen and oxygen atoms in total. The zero-order valence-corrected chi connectivity index (χ0v) is 18.7. The first-order valence-electron chi connectivity index (χ1n) is 11.3. The van der Waals surface area contributed by atoms with Gasteiger partial charge in [-0.2, -0.15) is 0 Å². The van der Waals surface area contributed by atoms with E-state index < -0.39 is 0 Å². The molecule has 170 valence electrons. The van der Waals surface area contributed by atoms with Gasteiger partial charge in [0.25, 0.3) is 11.8 Å². The summed E-state index contributed by atoms with van der Waals surface area (Å²) in [6.07, 6.45) is 5.58. The monoisotopic (exact) mass is 436 g/mol. The maximum absolute atomic E-state index is 12.5. The zero-order chi connectivity index (χ0) is 22.9. The highest BCUT2D eigenvalue weighted by Gasteiger charge is 2.17. The van der Waals surface area contributed by atoms with Crippen LogP contribution in [0.3, 0.4) is 0 Å². The third-order valence-electron chi connectivity index (χ3n) is 5.35. The van der Waals surface area contributed by atoms with Crippen LogP contribution in [0.15, 0.2) is 48.5 Å². The van der Waals surface area contributed by atoms with E-state index in [4.69, 9.17) is 0 Å². The highest BCUT2D eigenvalue weighted by atomic mass is 16.2. The van der Waals surface area contributed by atoms with E-state index in [0.29, 0.717) is 22.5 Å². The van der Waals surface area contributed by atoms with Crippen molar-refractivity contribution in [2.24, 2.45) is 0 Å². The second-order valence-corrected chi connectivity index (χ2v) is 8.50. The summed E-state index contributed by atoms with van der Waals surface area (Å²) < 4.78 is 0. The van der Waals surface area contributed by atoms with Gasteiger partial charge in [0, 0.05) is 34.6 Å². The molecule has 0 atom stereocenters. The van der Waals surface area contributed by atoms with Crippen LogP contribution in [-0.4, -0.2) is 36.3 Å². The van der Waals surface area contributed by atoms with Crippen LogP contribution in [0, 0.1) is 0 Å². The number of benzene rings is 2. The van der Waals surface area contributed by atoms with Gasteiger partial charge in [-0.1, -0.05) is 31.4 Å². The molecule has 0 saturated heterocycles. The molecule has 1 aliphatic rings. The van der Waals surface area contributed by atoms with Crippen molar-refractivity contribution in [2.45, 2.75) is 58.0 Å². The second-order valence-electron chi connectivity index (χ2n) is 8.50. The van der Waals surface area contributed by atoms with Crippen molar-refractivity contribution in [3.8, 4) is 0 Å². The molecule has 0 spiro atoms. The minimum absolute atomic E-state index is 0.0355. The van der Waals surface area contributed by atoms with Crippen LogP contribution in [0.2, 0.25) is 0 Å². The average Bonchev–Trinajstić information content (AvgIpc) is 2.78. The normalized spacial score (nSPS) is 14.0. The quantitative estimate of drug-likeness (QED) is 0.504. The first kappa shape index (κ1) is 23.3. The van der Waals surface area contributed by atoms with Gasteiger partial charge in [0.2, 0.25) is 5.91 Å². The van der Waals surface area contributed by atoms with E-state index in [1.54, 1.807) is 48.5 Å². The van der Waals surface area contributed by atoms with Gasteiger partial charge in [0.15, 0.2) is 0 Å². The van der Waals surface area contributed by atoms with E-state index in [2.05, 4.69) is 21.3 Å². The van der Waals surface area contributed by atoms with Crippen molar-refractivity contribution in [1.29, 1.82) is 0 Å². The largest absolute Gasteiger partial charge is 0.376 e. The van der Waals surface area contributed by atoms with Gasteiger partial charge >= 0.3 is 0 Å². The summed E-state index contributed by atoms with van der Waals surface area (Å²) in [5, 5.41) is 11.8. The molecule has 2 aromatic rings. The molecular weight excluding hydrogens is 404 g/mol.